The summed E-state index contributed by atoms with van der Waals surface area (Å²) >= 11 is 0. The molecule has 0 heterocycles. The van der Waals surface area contributed by atoms with Crippen LogP contribution in [0.4, 0.5) is 0 Å². The van der Waals surface area contributed by atoms with Crippen molar-refractivity contribution in [3.8, 4) is 0 Å². The van der Waals surface area contributed by atoms with E-state index >= 15 is 0 Å². The molecule has 84 valence electrons. The molecule has 1 aliphatic carbocycles. The molecule has 0 unspecified atom stereocenters. The maximum Gasteiger partial charge on any atom is 0.323 e. The number of hydrogen-bond acceptors (Lipinski definition) is 5. The minimum atomic E-state index is -1.40. The third-order valence-electron chi connectivity index (χ3n) is 2.71. The average Bonchev–Trinajstić information content (AvgIpc) is 2.26. The number of carbonyl (C=O) groups excluding carboxylic acids is 3. The molecule has 0 amide bonds. The number of ether oxygens (including phenoxy) is 2. The molecule has 1 saturated carbocycles. The van der Waals surface area contributed by atoms with E-state index in [1.165, 1.54) is 14.2 Å². The van der Waals surface area contributed by atoms with Crippen LogP contribution in [0.2, 0.25) is 0 Å². The lowest BCUT2D eigenvalue weighted by molar-refractivity contribution is -0.173. The van der Waals surface area contributed by atoms with Crippen molar-refractivity contribution in [2.24, 2.45) is 5.41 Å². The van der Waals surface area contributed by atoms with E-state index in [4.69, 9.17) is 0 Å². The van der Waals surface area contributed by atoms with Crippen molar-refractivity contribution in [3.63, 3.8) is 0 Å². The second-order valence-corrected chi connectivity index (χ2v) is 3.63. The van der Waals surface area contributed by atoms with Gasteiger partial charge < -0.3 is 9.47 Å². The van der Waals surface area contributed by atoms with E-state index in [-0.39, 0.29) is 12.2 Å². The lowest BCUT2D eigenvalue weighted by Crippen LogP contribution is -2.45. The first kappa shape index (κ1) is 11.7. The third-order valence-corrected chi connectivity index (χ3v) is 2.71. The van der Waals surface area contributed by atoms with Crippen LogP contribution in [0, 0.1) is 5.41 Å². The molecule has 1 fully saturated rings. The predicted octanol–water partition coefficient (Wildman–Crippen LogP) is 0.462. The van der Waals surface area contributed by atoms with Crippen molar-refractivity contribution < 1.29 is 23.9 Å². The molecule has 1 aliphatic rings. The number of carbonyl (C=O) groups is 3. The summed E-state index contributed by atoms with van der Waals surface area (Å²) < 4.78 is 9.14. The molecule has 5 heteroatoms. The van der Waals surface area contributed by atoms with Crippen LogP contribution in [0.5, 0.6) is 0 Å². The highest BCUT2D eigenvalue weighted by atomic mass is 16.5. The van der Waals surface area contributed by atoms with Gasteiger partial charge in [-0.15, -0.1) is 0 Å². The average molecular weight is 214 g/mol. The normalized spacial score (nSPS) is 19.5. The van der Waals surface area contributed by atoms with Gasteiger partial charge in [0.25, 0.3) is 0 Å². The van der Waals surface area contributed by atoms with Gasteiger partial charge in [0, 0.05) is 12.8 Å². The number of Topliss-reactive ketones (excluding diaryl/α,β-unsaturated/α-hetero) is 1. The first-order valence-electron chi connectivity index (χ1n) is 4.75. The highest BCUT2D eigenvalue weighted by molar-refractivity contribution is 6.04. The molecule has 0 radical (unpaired) electrons. The smallest absolute Gasteiger partial charge is 0.323 e. The maximum atomic E-state index is 11.6. The van der Waals surface area contributed by atoms with E-state index in [0.29, 0.717) is 19.3 Å². The van der Waals surface area contributed by atoms with E-state index in [1.807, 2.05) is 0 Å². The van der Waals surface area contributed by atoms with E-state index in [0.717, 1.165) is 0 Å². The Balaban J connectivity index is 2.99. The van der Waals surface area contributed by atoms with Crippen molar-refractivity contribution in [2.75, 3.05) is 14.2 Å². The van der Waals surface area contributed by atoms with Crippen LogP contribution in [0.15, 0.2) is 0 Å². The van der Waals surface area contributed by atoms with Crippen LogP contribution in [0.3, 0.4) is 0 Å². The third kappa shape index (κ3) is 2.00. The summed E-state index contributed by atoms with van der Waals surface area (Å²) in [4.78, 5) is 34.4. The first-order chi connectivity index (χ1) is 7.06. The Labute approximate surface area is 87.7 Å². The largest absolute Gasteiger partial charge is 0.468 e. The van der Waals surface area contributed by atoms with Crippen molar-refractivity contribution in [3.05, 3.63) is 0 Å². The van der Waals surface area contributed by atoms with Gasteiger partial charge in [0.2, 0.25) is 0 Å². The fourth-order valence-corrected chi connectivity index (χ4v) is 1.92. The molecular formula is C10H14O5. The maximum absolute atomic E-state index is 11.6. The molecule has 1 rings (SSSR count). The Morgan fingerprint density at radius 3 is 2.13 bits per heavy atom. The van der Waals surface area contributed by atoms with E-state index in [1.54, 1.807) is 0 Å². The molecule has 0 aromatic rings. The van der Waals surface area contributed by atoms with Crippen molar-refractivity contribution >= 4 is 17.7 Å². The summed E-state index contributed by atoms with van der Waals surface area (Å²) in [5.41, 5.74) is -1.40. The molecule has 0 atom stereocenters. The molecule has 0 saturated heterocycles. The molecular weight excluding hydrogens is 200 g/mol. The molecule has 0 N–H and O–H groups in total. The summed E-state index contributed by atoms with van der Waals surface area (Å²) in [6.45, 7) is 0. The molecule has 0 aromatic carbocycles. The van der Waals surface area contributed by atoms with Crippen LogP contribution in [0.1, 0.15) is 25.7 Å². The summed E-state index contributed by atoms with van der Waals surface area (Å²) in [6.07, 6.45) is 1.14. The van der Waals surface area contributed by atoms with Crippen molar-refractivity contribution in [1.82, 2.24) is 0 Å². The summed E-state index contributed by atoms with van der Waals surface area (Å²) in [7, 11) is 2.40. The van der Waals surface area contributed by atoms with Crippen LogP contribution in [-0.2, 0) is 23.9 Å². The minimum absolute atomic E-state index is 0.1000. The molecule has 0 spiro atoms. The topological polar surface area (TPSA) is 69.7 Å². The second kappa shape index (κ2) is 4.42. The lowest BCUT2D eigenvalue weighted by atomic mass is 9.73. The van der Waals surface area contributed by atoms with Gasteiger partial charge in [-0.25, -0.2) is 0 Å². The van der Waals surface area contributed by atoms with Gasteiger partial charge in [-0.3, -0.25) is 14.4 Å². The van der Waals surface area contributed by atoms with Gasteiger partial charge in [-0.05, 0) is 12.8 Å². The standard InChI is InChI=1S/C10H14O5/c1-14-8(12)10(9(13)15-2)5-3-4-7(11)6-10/h3-6H2,1-2H3. The summed E-state index contributed by atoms with van der Waals surface area (Å²) in [5.74, 6) is -1.46. The van der Waals surface area contributed by atoms with Crippen LogP contribution in [0.25, 0.3) is 0 Å². The van der Waals surface area contributed by atoms with Crippen molar-refractivity contribution in [2.45, 2.75) is 25.7 Å². The van der Waals surface area contributed by atoms with Gasteiger partial charge in [0.1, 0.15) is 5.78 Å². The van der Waals surface area contributed by atoms with E-state index < -0.39 is 17.4 Å². The molecule has 0 aromatic heterocycles. The SMILES string of the molecule is COC(=O)C1(C(=O)OC)CCCC(=O)C1. The Hall–Kier alpha value is -1.39. The van der Waals surface area contributed by atoms with Crippen LogP contribution in [-0.4, -0.2) is 31.9 Å². The van der Waals surface area contributed by atoms with Gasteiger partial charge >= 0.3 is 11.9 Å². The van der Waals surface area contributed by atoms with E-state index in [2.05, 4.69) is 9.47 Å². The van der Waals surface area contributed by atoms with Crippen molar-refractivity contribution in [1.29, 1.82) is 0 Å². The van der Waals surface area contributed by atoms with Crippen LogP contribution < -0.4 is 0 Å². The number of ketones is 1. The monoisotopic (exact) mass is 214 g/mol. The zero-order chi connectivity index (χ0) is 11.5. The Kier molecular flexibility index (Phi) is 3.44. The summed E-state index contributed by atoms with van der Waals surface area (Å²) in [5, 5.41) is 0. The number of hydrogen-bond donors (Lipinski definition) is 0. The number of methoxy groups -OCH3 is 2. The Morgan fingerprint density at radius 2 is 1.73 bits per heavy atom. The highest BCUT2D eigenvalue weighted by Gasteiger charge is 2.51. The van der Waals surface area contributed by atoms with Gasteiger partial charge in [0.15, 0.2) is 5.41 Å². The molecule has 0 aliphatic heterocycles. The fraction of sp³-hybridized carbons (Fsp3) is 0.700. The Morgan fingerprint density at radius 1 is 1.20 bits per heavy atom. The molecule has 5 nitrogen and oxygen atoms in total. The summed E-state index contributed by atoms with van der Waals surface area (Å²) in [6, 6.07) is 0. The predicted molar refractivity (Wildman–Crippen MR) is 49.9 cm³/mol. The number of rotatable bonds is 2. The first-order valence-corrected chi connectivity index (χ1v) is 4.75. The van der Waals surface area contributed by atoms with Gasteiger partial charge in [-0.2, -0.15) is 0 Å². The lowest BCUT2D eigenvalue weighted by Gasteiger charge is -2.30. The van der Waals surface area contributed by atoms with Gasteiger partial charge in [-0.1, -0.05) is 0 Å². The minimum Gasteiger partial charge on any atom is -0.468 e. The second-order valence-electron chi connectivity index (χ2n) is 3.63. The quantitative estimate of drug-likeness (QED) is 0.493. The molecule has 15 heavy (non-hydrogen) atoms. The fourth-order valence-electron chi connectivity index (χ4n) is 1.92. The Bertz CT molecular complexity index is 278. The molecule has 0 bridgehead atoms. The zero-order valence-corrected chi connectivity index (χ0v) is 8.87. The number of esters is 2. The zero-order valence-electron chi connectivity index (χ0n) is 8.87. The van der Waals surface area contributed by atoms with Gasteiger partial charge in [0.05, 0.1) is 14.2 Å². The highest BCUT2D eigenvalue weighted by Crippen LogP contribution is 2.36. The van der Waals surface area contributed by atoms with Crippen LogP contribution >= 0.6 is 0 Å². The van der Waals surface area contributed by atoms with E-state index in [9.17, 15) is 14.4 Å².